The van der Waals surface area contributed by atoms with Crippen molar-refractivity contribution in [3.8, 4) is 0 Å². The van der Waals surface area contributed by atoms with Crippen molar-refractivity contribution in [2.75, 3.05) is 39.6 Å². The number of ether oxygens (including phenoxy) is 9. The largest absolute Gasteiger partial charge is 0.481 e. The third-order valence-corrected chi connectivity index (χ3v) is 17.0. The van der Waals surface area contributed by atoms with E-state index in [9.17, 15) is 47.9 Å². The molecule has 0 aromatic rings. The monoisotopic (exact) mass is 1380 g/mol. The normalized spacial score (nSPS) is 11.2. The molecule has 0 aromatic heterocycles. The van der Waals surface area contributed by atoms with Crippen LogP contribution in [0.1, 0.15) is 374 Å². The molecule has 0 saturated carbocycles. The van der Waals surface area contributed by atoms with Gasteiger partial charge in [0.25, 0.3) is 0 Å². The number of carboxylic acid groups (broad SMARTS) is 1. The smallest absolute Gasteiger partial charge is 0.306 e. The lowest BCUT2D eigenvalue weighted by atomic mass is 10.1. The molecule has 20 heteroatoms. The average Bonchev–Trinajstić information content (AvgIpc) is 3.69. The second-order valence-electron chi connectivity index (χ2n) is 26.5. The van der Waals surface area contributed by atoms with Gasteiger partial charge in [0.05, 0.1) is 38.5 Å². The van der Waals surface area contributed by atoms with Crippen molar-refractivity contribution in [1.82, 2.24) is 0 Å². The van der Waals surface area contributed by atoms with E-state index in [4.69, 9.17) is 47.7 Å². The number of aliphatic carboxylic acids is 1. The molecule has 0 heterocycles. The Hall–Kier alpha value is -5.30. The number of unbranched alkanes of at least 4 members (excludes halogenated alkanes) is 40. The number of rotatable bonds is 72. The van der Waals surface area contributed by atoms with Crippen LogP contribution in [-0.2, 0) is 90.6 Å². The van der Waals surface area contributed by atoms with E-state index in [1.54, 1.807) is 0 Å². The molecule has 0 aromatic carbocycles. The average molecular weight is 1380 g/mol. The Morgan fingerprint density at radius 2 is 0.340 bits per heavy atom. The number of esters is 9. The molecule has 0 aliphatic heterocycles. The zero-order valence-electron chi connectivity index (χ0n) is 61.4. The maximum absolute atomic E-state index is 13.1. The molecule has 0 fully saturated rings. The Labute approximate surface area is 585 Å². The second kappa shape index (κ2) is 69.2. The van der Waals surface area contributed by atoms with Gasteiger partial charge in [-0.1, -0.05) is 285 Å². The van der Waals surface area contributed by atoms with Gasteiger partial charge in [0.15, 0.2) is 18.3 Å². The summed E-state index contributed by atoms with van der Waals surface area (Å²) in [4.78, 5) is 127. The zero-order chi connectivity index (χ0) is 71.3. The van der Waals surface area contributed by atoms with Crippen molar-refractivity contribution in [2.45, 2.75) is 393 Å². The predicted octanol–water partition coefficient (Wildman–Crippen LogP) is 18.2. The van der Waals surface area contributed by atoms with Gasteiger partial charge in [-0.15, -0.1) is 0 Å². The van der Waals surface area contributed by atoms with Crippen molar-refractivity contribution in [1.29, 1.82) is 0 Å². The molecule has 97 heavy (non-hydrogen) atoms. The third-order valence-electron chi connectivity index (χ3n) is 17.0. The molecule has 0 amide bonds. The van der Waals surface area contributed by atoms with E-state index < -0.39 is 130 Å². The fourth-order valence-corrected chi connectivity index (χ4v) is 11.0. The molecule has 0 rings (SSSR count). The molecule has 0 spiro atoms. The van der Waals surface area contributed by atoms with Crippen LogP contribution in [0.4, 0.5) is 0 Å². The van der Waals surface area contributed by atoms with E-state index >= 15 is 0 Å². The Bertz CT molecular complexity index is 1790. The van der Waals surface area contributed by atoms with E-state index in [0.29, 0.717) is 25.7 Å². The Morgan fingerprint density at radius 3 is 0.515 bits per heavy atom. The van der Waals surface area contributed by atoms with Crippen LogP contribution in [-0.4, -0.2) is 123 Å². The highest BCUT2D eigenvalue weighted by molar-refractivity contribution is 5.79. The van der Waals surface area contributed by atoms with Crippen molar-refractivity contribution in [3.05, 3.63) is 0 Å². The number of carboxylic acids is 1. The minimum Gasteiger partial charge on any atom is -0.481 e. The van der Waals surface area contributed by atoms with Crippen LogP contribution in [0.5, 0.6) is 0 Å². The summed E-state index contributed by atoms with van der Waals surface area (Å²) in [6.45, 7) is 5.98. The Morgan fingerprint density at radius 1 is 0.196 bits per heavy atom. The van der Waals surface area contributed by atoms with Crippen LogP contribution in [0, 0.1) is 0 Å². The van der Waals surface area contributed by atoms with E-state index in [0.717, 1.165) is 77.0 Å². The highest BCUT2D eigenvalue weighted by Gasteiger charge is 2.25. The van der Waals surface area contributed by atoms with E-state index in [1.165, 1.54) is 180 Å². The van der Waals surface area contributed by atoms with Gasteiger partial charge in [0.2, 0.25) is 0 Å². The van der Waals surface area contributed by atoms with Gasteiger partial charge in [-0.25, -0.2) is 0 Å². The predicted molar refractivity (Wildman–Crippen MR) is 375 cm³/mol. The van der Waals surface area contributed by atoms with Gasteiger partial charge in [0, 0.05) is 25.7 Å². The molecular weight excluding hydrogens is 1240 g/mol. The first kappa shape index (κ1) is 91.7. The van der Waals surface area contributed by atoms with Crippen LogP contribution < -0.4 is 0 Å². The molecular formula is C77H136O20. The van der Waals surface area contributed by atoms with Crippen molar-refractivity contribution >= 4 is 59.7 Å². The van der Waals surface area contributed by atoms with Crippen LogP contribution in [0.25, 0.3) is 0 Å². The second-order valence-corrected chi connectivity index (χ2v) is 26.5. The van der Waals surface area contributed by atoms with Crippen molar-refractivity contribution in [2.24, 2.45) is 0 Å². The summed E-state index contributed by atoms with van der Waals surface area (Å²) in [6.07, 6.45) is 43.0. The lowest BCUT2D eigenvalue weighted by Gasteiger charge is -2.19. The van der Waals surface area contributed by atoms with E-state index in [1.807, 2.05) is 0 Å². The minimum atomic E-state index is -1.43. The molecule has 564 valence electrons. The number of hydrogen-bond acceptors (Lipinski definition) is 19. The summed E-state index contributed by atoms with van der Waals surface area (Å²) in [6, 6.07) is 0. The lowest BCUT2D eigenvalue weighted by molar-refractivity contribution is -0.170. The lowest BCUT2D eigenvalue weighted by Crippen LogP contribution is -2.32. The molecule has 0 aliphatic carbocycles. The van der Waals surface area contributed by atoms with E-state index in [2.05, 4.69) is 27.7 Å². The summed E-state index contributed by atoms with van der Waals surface area (Å²) >= 11 is 0. The molecule has 0 bridgehead atoms. The third kappa shape index (κ3) is 66.4. The molecule has 0 aliphatic rings. The summed E-state index contributed by atoms with van der Waals surface area (Å²) in [5, 5.41) is 9.13. The van der Waals surface area contributed by atoms with Gasteiger partial charge in [0.1, 0.15) is 39.6 Å². The van der Waals surface area contributed by atoms with Gasteiger partial charge >= 0.3 is 59.7 Å². The van der Waals surface area contributed by atoms with Gasteiger partial charge in [-0.3, -0.25) is 47.9 Å². The Kier molecular flexibility index (Phi) is 65.4. The Balaban J connectivity index is 5.51. The first-order valence-electron chi connectivity index (χ1n) is 38.9. The van der Waals surface area contributed by atoms with Crippen molar-refractivity contribution in [3.63, 3.8) is 0 Å². The highest BCUT2D eigenvalue weighted by Crippen LogP contribution is 2.18. The highest BCUT2D eigenvalue weighted by atomic mass is 16.6. The van der Waals surface area contributed by atoms with Crippen LogP contribution in [0.2, 0.25) is 0 Å². The molecule has 0 radical (unpaired) electrons. The number of carbonyl (C=O) groups excluding carboxylic acids is 9. The van der Waals surface area contributed by atoms with Crippen LogP contribution >= 0.6 is 0 Å². The fourth-order valence-electron chi connectivity index (χ4n) is 11.0. The molecule has 0 atom stereocenters. The standard InChI is InChI=1S/C77H136O20/c1-5-9-13-17-21-25-29-33-37-41-45-49-69(80)89-59-65(60-90-70(81)50-46-42-38-34-30-26-22-18-14-10-6-2)96-76(87)57-55-73(84)93-63-67(95-75(86)54-53-68(78)79)64-94-74(85)56-58-77(88)97-66(61-91-71(82)51-47-43-39-35-31-27-23-19-15-11-7-3)62-92-72(83)52-48-44-40-36-32-28-24-20-16-12-8-4/h65-67H,5-64H2,1-4H3,(H,78,79). The summed E-state index contributed by atoms with van der Waals surface area (Å²) in [5.74, 6) is -7.86. The molecule has 1 N–H and O–H groups in total. The fraction of sp³-hybridized carbons (Fsp3) is 0.870. The molecule has 0 saturated heterocycles. The molecule has 0 unspecified atom stereocenters. The maximum atomic E-state index is 13.1. The zero-order valence-corrected chi connectivity index (χ0v) is 61.4. The number of carbonyl (C=O) groups is 10. The minimum absolute atomic E-state index is 0.174. The number of hydrogen-bond donors (Lipinski definition) is 1. The quantitative estimate of drug-likeness (QED) is 0.0336. The van der Waals surface area contributed by atoms with Gasteiger partial charge in [-0.2, -0.15) is 0 Å². The van der Waals surface area contributed by atoms with Crippen molar-refractivity contribution < 1.29 is 95.7 Å². The summed E-state index contributed by atoms with van der Waals surface area (Å²) in [5.41, 5.74) is 0. The molecule has 20 nitrogen and oxygen atoms in total. The summed E-state index contributed by atoms with van der Waals surface area (Å²) in [7, 11) is 0. The first-order valence-corrected chi connectivity index (χ1v) is 38.9. The topological polar surface area (TPSA) is 274 Å². The maximum Gasteiger partial charge on any atom is 0.306 e. The van der Waals surface area contributed by atoms with Gasteiger partial charge in [-0.05, 0) is 25.7 Å². The van der Waals surface area contributed by atoms with E-state index in [-0.39, 0.29) is 52.1 Å². The van der Waals surface area contributed by atoms with Gasteiger partial charge < -0.3 is 47.7 Å². The SMILES string of the molecule is CCCCCCCCCCCCCC(=O)OCC(COC(=O)CCCCCCCCCCCCC)OC(=O)CCC(=O)OCC(COC(=O)CCC(=O)OC(COC(=O)CCCCCCCCCCCCC)COC(=O)CCCCCCCCCCCCC)OC(=O)CCC(=O)O. The summed E-state index contributed by atoms with van der Waals surface area (Å²) < 4.78 is 48.8. The van der Waals surface area contributed by atoms with Crippen LogP contribution in [0.3, 0.4) is 0 Å². The first-order chi connectivity index (χ1) is 47.1. The van der Waals surface area contributed by atoms with Crippen LogP contribution in [0.15, 0.2) is 0 Å².